The molecule has 4 rings (SSSR count). The summed E-state index contributed by atoms with van der Waals surface area (Å²) in [5.41, 5.74) is 2.95. The Morgan fingerprint density at radius 2 is 1.60 bits per heavy atom. The van der Waals surface area contributed by atoms with Gasteiger partial charge in [-0.05, 0) is 80.6 Å². The zero-order valence-corrected chi connectivity index (χ0v) is 25.5. The molecule has 3 aromatic carbocycles. The van der Waals surface area contributed by atoms with Crippen molar-refractivity contribution < 1.29 is 18.0 Å². The Morgan fingerprint density at radius 3 is 2.25 bits per heavy atom. The number of carbonyl (C=O) groups excluding carboxylic acids is 2. The van der Waals surface area contributed by atoms with E-state index in [9.17, 15) is 18.0 Å². The summed E-state index contributed by atoms with van der Waals surface area (Å²) in [6, 6.07) is 20.3. The van der Waals surface area contributed by atoms with Gasteiger partial charge in [0, 0.05) is 17.1 Å². The van der Waals surface area contributed by atoms with Crippen molar-refractivity contribution in [3.63, 3.8) is 0 Å². The van der Waals surface area contributed by atoms with Crippen molar-refractivity contribution in [3.8, 4) is 0 Å². The van der Waals surface area contributed by atoms with Crippen molar-refractivity contribution in [3.05, 3.63) is 94.0 Å². The molecule has 1 saturated carbocycles. The van der Waals surface area contributed by atoms with Gasteiger partial charge in [-0.2, -0.15) is 0 Å². The van der Waals surface area contributed by atoms with Crippen LogP contribution in [0.3, 0.4) is 0 Å². The lowest BCUT2D eigenvalue weighted by atomic mass is 10.1. The minimum atomic E-state index is -4.09. The maximum absolute atomic E-state index is 14.1. The molecule has 7 nitrogen and oxygen atoms in total. The van der Waals surface area contributed by atoms with Gasteiger partial charge in [0.05, 0.1) is 10.6 Å². The number of carbonyl (C=O) groups is 2. The topological polar surface area (TPSA) is 86.8 Å². The molecule has 1 fully saturated rings. The van der Waals surface area contributed by atoms with Crippen LogP contribution in [0, 0.1) is 13.8 Å². The molecule has 2 amide bonds. The fourth-order valence-electron chi connectivity index (χ4n) is 5.00. The van der Waals surface area contributed by atoms with Gasteiger partial charge in [-0.1, -0.05) is 71.2 Å². The Bertz CT molecular complexity index is 1440. The van der Waals surface area contributed by atoms with Crippen molar-refractivity contribution in [2.45, 2.75) is 70.0 Å². The maximum atomic E-state index is 14.1. The van der Waals surface area contributed by atoms with Crippen LogP contribution in [0.1, 0.15) is 49.3 Å². The normalized spacial score (nSPS) is 14.5. The Labute approximate surface area is 245 Å². The van der Waals surface area contributed by atoms with Crippen molar-refractivity contribution in [2.24, 2.45) is 0 Å². The molecule has 0 unspecified atom stereocenters. The first kappa shape index (κ1) is 29.8. The number of rotatable bonds is 10. The summed E-state index contributed by atoms with van der Waals surface area (Å²) in [6.07, 6.45) is 4.00. The lowest BCUT2D eigenvalue weighted by Gasteiger charge is -2.33. The van der Waals surface area contributed by atoms with Crippen LogP contribution in [-0.2, 0) is 26.2 Å². The van der Waals surface area contributed by atoms with Crippen LogP contribution in [0.2, 0.25) is 0 Å². The number of halogens is 1. The standard InChI is InChI=1S/C31H36BrN3O4S/c1-22-10-9-15-29(23(22)2)35(40(38,39)28-13-5-4-6-14-28)21-30(36)34(20-25-16-18-26(32)19-17-25)24(3)31(37)33-27-11-7-8-12-27/h4-6,9-10,13-19,24,27H,7-8,11-12,20-21H2,1-3H3,(H,33,37)/t24-/m0/s1. The van der Waals surface area contributed by atoms with Crippen molar-refractivity contribution >= 4 is 43.5 Å². The molecule has 1 aliphatic carbocycles. The van der Waals surface area contributed by atoms with Gasteiger partial charge in [0.1, 0.15) is 12.6 Å². The molecule has 40 heavy (non-hydrogen) atoms. The quantitative estimate of drug-likeness (QED) is 0.311. The molecule has 0 bridgehead atoms. The van der Waals surface area contributed by atoms with Gasteiger partial charge in [-0.3, -0.25) is 13.9 Å². The largest absolute Gasteiger partial charge is 0.352 e. The van der Waals surface area contributed by atoms with Gasteiger partial charge >= 0.3 is 0 Å². The average Bonchev–Trinajstić information content (AvgIpc) is 3.46. The lowest BCUT2D eigenvalue weighted by molar-refractivity contribution is -0.139. The molecule has 0 heterocycles. The molecular formula is C31H36BrN3O4S. The molecule has 1 atom stereocenters. The third kappa shape index (κ3) is 6.93. The van der Waals surface area contributed by atoms with E-state index in [2.05, 4.69) is 21.2 Å². The highest BCUT2D eigenvalue weighted by molar-refractivity contribution is 9.10. The molecule has 0 spiro atoms. The molecule has 0 aromatic heterocycles. The monoisotopic (exact) mass is 625 g/mol. The second kappa shape index (κ2) is 13.0. The van der Waals surface area contributed by atoms with Gasteiger partial charge in [-0.15, -0.1) is 0 Å². The lowest BCUT2D eigenvalue weighted by Crippen LogP contribution is -2.52. The highest BCUT2D eigenvalue weighted by atomic mass is 79.9. The molecule has 0 aliphatic heterocycles. The van der Waals surface area contributed by atoms with Gasteiger partial charge in [-0.25, -0.2) is 8.42 Å². The average molecular weight is 627 g/mol. The van der Waals surface area contributed by atoms with E-state index in [-0.39, 0.29) is 23.4 Å². The number of nitrogens with zero attached hydrogens (tertiary/aromatic N) is 2. The molecule has 9 heteroatoms. The number of hydrogen-bond donors (Lipinski definition) is 1. The summed E-state index contributed by atoms with van der Waals surface area (Å²) < 4.78 is 30.0. The Kier molecular flexibility index (Phi) is 9.68. The zero-order valence-electron chi connectivity index (χ0n) is 23.1. The molecular weight excluding hydrogens is 590 g/mol. The van der Waals surface area contributed by atoms with E-state index in [1.807, 2.05) is 44.2 Å². The molecule has 0 saturated heterocycles. The van der Waals surface area contributed by atoms with E-state index in [1.54, 1.807) is 37.3 Å². The van der Waals surface area contributed by atoms with Crippen LogP contribution in [0.4, 0.5) is 5.69 Å². The van der Waals surface area contributed by atoms with Crippen molar-refractivity contribution in [1.29, 1.82) is 0 Å². The first-order valence-corrected chi connectivity index (χ1v) is 15.8. The van der Waals surface area contributed by atoms with Gasteiger partial charge < -0.3 is 10.2 Å². The smallest absolute Gasteiger partial charge is 0.264 e. The number of amides is 2. The van der Waals surface area contributed by atoms with Gasteiger partial charge in [0.25, 0.3) is 10.0 Å². The first-order chi connectivity index (χ1) is 19.1. The Balaban J connectivity index is 1.70. The fraction of sp³-hybridized carbons (Fsp3) is 0.355. The van der Waals surface area contributed by atoms with E-state index in [0.29, 0.717) is 5.69 Å². The number of aryl methyl sites for hydroxylation is 1. The van der Waals surface area contributed by atoms with Crippen LogP contribution in [0.5, 0.6) is 0 Å². The number of nitrogens with one attached hydrogen (secondary N) is 1. The molecule has 3 aromatic rings. The summed E-state index contributed by atoms with van der Waals surface area (Å²) in [4.78, 5) is 29.0. The van der Waals surface area contributed by atoms with Gasteiger partial charge in [0.15, 0.2) is 0 Å². The van der Waals surface area contributed by atoms with E-state index >= 15 is 0 Å². The minimum absolute atomic E-state index is 0.0928. The second-order valence-corrected chi connectivity index (χ2v) is 13.1. The summed E-state index contributed by atoms with van der Waals surface area (Å²) in [7, 11) is -4.09. The second-order valence-electron chi connectivity index (χ2n) is 10.4. The summed E-state index contributed by atoms with van der Waals surface area (Å²) >= 11 is 3.44. The predicted molar refractivity (Wildman–Crippen MR) is 161 cm³/mol. The summed E-state index contributed by atoms with van der Waals surface area (Å²) in [5, 5.41) is 3.09. The fourth-order valence-corrected chi connectivity index (χ4v) is 6.76. The molecule has 0 radical (unpaired) electrons. The molecule has 1 N–H and O–H groups in total. The molecule has 1 aliphatic rings. The van der Waals surface area contributed by atoms with Crippen LogP contribution in [-0.4, -0.2) is 43.8 Å². The van der Waals surface area contributed by atoms with Crippen molar-refractivity contribution in [1.82, 2.24) is 10.2 Å². The van der Waals surface area contributed by atoms with Crippen LogP contribution in [0.15, 0.2) is 82.2 Å². The summed E-state index contributed by atoms with van der Waals surface area (Å²) in [5.74, 6) is -0.695. The third-order valence-electron chi connectivity index (χ3n) is 7.59. The van der Waals surface area contributed by atoms with Crippen LogP contribution >= 0.6 is 15.9 Å². The number of sulfonamides is 1. The van der Waals surface area contributed by atoms with Gasteiger partial charge in [0.2, 0.25) is 11.8 Å². The molecule has 212 valence electrons. The number of anilines is 1. The highest BCUT2D eigenvalue weighted by Gasteiger charge is 2.34. The Hall–Kier alpha value is -3.17. The number of benzene rings is 3. The van der Waals surface area contributed by atoms with E-state index in [1.165, 1.54) is 21.3 Å². The van der Waals surface area contributed by atoms with Crippen LogP contribution in [0.25, 0.3) is 0 Å². The van der Waals surface area contributed by atoms with E-state index < -0.39 is 28.5 Å². The maximum Gasteiger partial charge on any atom is 0.264 e. The van der Waals surface area contributed by atoms with Crippen LogP contribution < -0.4 is 9.62 Å². The summed E-state index contributed by atoms with van der Waals surface area (Å²) in [6.45, 7) is 5.18. The minimum Gasteiger partial charge on any atom is -0.352 e. The van der Waals surface area contributed by atoms with Crippen molar-refractivity contribution in [2.75, 3.05) is 10.8 Å². The number of hydrogen-bond acceptors (Lipinski definition) is 4. The van der Waals surface area contributed by atoms with E-state index in [4.69, 9.17) is 0 Å². The third-order valence-corrected chi connectivity index (χ3v) is 9.89. The Morgan fingerprint density at radius 1 is 0.950 bits per heavy atom. The predicted octanol–water partition coefficient (Wildman–Crippen LogP) is 5.74. The zero-order chi connectivity index (χ0) is 28.9. The highest BCUT2D eigenvalue weighted by Crippen LogP contribution is 2.29. The van der Waals surface area contributed by atoms with E-state index in [0.717, 1.165) is 46.8 Å². The SMILES string of the molecule is Cc1cccc(N(CC(=O)N(Cc2ccc(Br)cc2)[C@@H](C)C(=O)NC2CCCC2)S(=O)(=O)c2ccccc2)c1C. The first-order valence-electron chi connectivity index (χ1n) is 13.6.